The van der Waals surface area contributed by atoms with Crippen LogP contribution in [0.5, 0.6) is 0 Å². The predicted molar refractivity (Wildman–Crippen MR) is 55.4 cm³/mol. The molecule has 15 heavy (non-hydrogen) atoms. The van der Waals surface area contributed by atoms with E-state index < -0.39 is 0 Å². The van der Waals surface area contributed by atoms with Crippen molar-refractivity contribution in [2.24, 2.45) is 0 Å². The standard InChI is InChI=1S/C9H9FN4S/c1-6(14-9(15)11-12-13-14)7-2-4-8(10)5-3-7/h2-6H,1H3,(H,11,13,15). The molecule has 1 aromatic carbocycles. The van der Waals surface area contributed by atoms with Crippen molar-refractivity contribution >= 4 is 12.2 Å². The third-order valence-corrected chi connectivity index (χ3v) is 2.51. The van der Waals surface area contributed by atoms with Crippen LogP contribution in [0.2, 0.25) is 0 Å². The molecule has 1 N–H and O–H groups in total. The monoisotopic (exact) mass is 224 g/mol. The Hall–Kier alpha value is -1.56. The van der Waals surface area contributed by atoms with Crippen LogP contribution in [-0.4, -0.2) is 20.2 Å². The normalized spacial score (nSPS) is 12.7. The van der Waals surface area contributed by atoms with Gasteiger partial charge in [0, 0.05) is 0 Å². The van der Waals surface area contributed by atoms with Gasteiger partial charge in [-0.3, -0.25) is 0 Å². The molecule has 0 amide bonds. The predicted octanol–water partition coefficient (Wildman–Crippen LogP) is 2.08. The fourth-order valence-corrected chi connectivity index (χ4v) is 1.59. The second kappa shape index (κ2) is 3.90. The van der Waals surface area contributed by atoms with Crippen molar-refractivity contribution in [1.82, 2.24) is 20.2 Å². The number of hydrogen-bond donors (Lipinski definition) is 1. The Morgan fingerprint density at radius 1 is 1.40 bits per heavy atom. The zero-order valence-corrected chi connectivity index (χ0v) is 8.83. The van der Waals surface area contributed by atoms with E-state index in [4.69, 9.17) is 12.2 Å². The summed E-state index contributed by atoms with van der Waals surface area (Å²) in [5, 5.41) is 9.95. The van der Waals surface area contributed by atoms with E-state index in [9.17, 15) is 4.39 Å². The van der Waals surface area contributed by atoms with Gasteiger partial charge < -0.3 is 0 Å². The Labute approximate surface area is 90.7 Å². The van der Waals surface area contributed by atoms with E-state index in [1.54, 1.807) is 16.8 Å². The van der Waals surface area contributed by atoms with Crippen LogP contribution in [0.25, 0.3) is 0 Å². The number of rotatable bonds is 2. The highest BCUT2D eigenvalue weighted by atomic mass is 32.1. The number of aromatic nitrogens is 4. The molecule has 6 heteroatoms. The maximum absolute atomic E-state index is 12.7. The molecule has 1 atom stereocenters. The average Bonchev–Trinajstić information content (AvgIpc) is 2.65. The molecule has 0 aliphatic rings. The minimum Gasteiger partial charge on any atom is -0.235 e. The number of nitrogens with one attached hydrogen (secondary N) is 1. The summed E-state index contributed by atoms with van der Waals surface area (Å²) in [6, 6.07) is 6.22. The number of benzene rings is 1. The molecular formula is C9H9FN4S. The molecule has 0 aliphatic carbocycles. The lowest BCUT2D eigenvalue weighted by molar-refractivity contribution is 0.535. The van der Waals surface area contributed by atoms with Gasteiger partial charge in [-0.05, 0) is 36.8 Å². The molecule has 0 radical (unpaired) electrons. The summed E-state index contributed by atoms with van der Waals surface area (Å²) in [5.74, 6) is -0.253. The summed E-state index contributed by atoms with van der Waals surface area (Å²) in [6.45, 7) is 1.93. The molecule has 78 valence electrons. The van der Waals surface area contributed by atoms with Crippen LogP contribution < -0.4 is 0 Å². The van der Waals surface area contributed by atoms with Gasteiger partial charge in [-0.1, -0.05) is 22.4 Å². The first-order valence-corrected chi connectivity index (χ1v) is 4.84. The molecule has 0 saturated heterocycles. The smallest absolute Gasteiger partial charge is 0.235 e. The van der Waals surface area contributed by atoms with Crippen molar-refractivity contribution < 1.29 is 4.39 Å². The van der Waals surface area contributed by atoms with Crippen LogP contribution in [0, 0.1) is 10.6 Å². The minimum absolute atomic E-state index is 0.0342. The first-order valence-electron chi connectivity index (χ1n) is 4.43. The van der Waals surface area contributed by atoms with E-state index in [2.05, 4.69) is 15.5 Å². The lowest BCUT2D eigenvalue weighted by Gasteiger charge is -2.11. The highest BCUT2D eigenvalue weighted by Crippen LogP contribution is 2.16. The summed E-state index contributed by atoms with van der Waals surface area (Å²) < 4.78 is 14.7. The molecule has 2 rings (SSSR count). The van der Waals surface area contributed by atoms with E-state index in [1.807, 2.05) is 6.92 Å². The number of H-pyrrole nitrogens is 1. The molecule has 0 spiro atoms. The molecule has 0 aliphatic heterocycles. The van der Waals surface area contributed by atoms with Crippen LogP contribution in [-0.2, 0) is 0 Å². The van der Waals surface area contributed by atoms with Gasteiger partial charge in [0.25, 0.3) is 0 Å². The van der Waals surface area contributed by atoms with Crippen molar-refractivity contribution in [2.45, 2.75) is 13.0 Å². The average molecular weight is 224 g/mol. The third-order valence-electron chi connectivity index (χ3n) is 2.23. The van der Waals surface area contributed by atoms with Crippen LogP contribution in [0.4, 0.5) is 4.39 Å². The maximum atomic E-state index is 12.7. The minimum atomic E-state index is -0.253. The van der Waals surface area contributed by atoms with Gasteiger partial charge in [-0.15, -0.1) is 0 Å². The van der Waals surface area contributed by atoms with Crippen LogP contribution >= 0.6 is 12.2 Å². The zero-order valence-electron chi connectivity index (χ0n) is 8.01. The van der Waals surface area contributed by atoms with Crippen LogP contribution in [0.1, 0.15) is 18.5 Å². The van der Waals surface area contributed by atoms with Crippen LogP contribution in [0.3, 0.4) is 0 Å². The Kier molecular flexibility index (Phi) is 2.59. The van der Waals surface area contributed by atoms with Gasteiger partial charge in [0.15, 0.2) is 0 Å². The second-order valence-electron chi connectivity index (χ2n) is 3.18. The molecule has 2 aromatic rings. The molecule has 0 saturated carbocycles. The quantitative estimate of drug-likeness (QED) is 0.794. The highest BCUT2D eigenvalue weighted by molar-refractivity contribution is 7.71. The number of halogens is 1. The number of nitrogens with zero attached hydrogens (tertiary/aromatic N) is 3. The first kappa shape index (κ1) is 9.97. The summed E-state index contributed by atoms with van der Waals surface area (Å²) in [4.78, 5) is 0. The Morgan fingerprint density at radius 2 is 2.07 bits per heavy atom. The van der Waals surface area contributed by atoms with Gasteiger partial charge in [-0.2, -0.15) is 5.21 Å². The number of aromatic amines is 1. The van der Waals surface area contributed by atoms with Crippen molar-refractivity contribution in [2.75, 3.05) is 0 Å². The van der Waals surface area contributed by atoms with E-state index in [0.29, 0.717) is 4.77 Å². The van der Waals surface area contributed by atoms with E-state index in [-0.39, 0.29) is 11.9 Å². The Balaban J connectivity index is 2.36. The van der Waals surface area contributed by atoms with Crippen molar-refractivity contribution in [3.63, 3.8) is 0 Å². The topological polar surface area (TPSA) is 46.5 Å². The molecule has 1 unspecified atom stereocenters. The fraction of sp³-hybridized carbons (Fsp3) is 0.222. The third kappa shape index (κ3) is 1.94. The molecule has 1 heterocycles. The fourth-order valence-electron chi connectivity index (χ4n) is 1.35. The molecular weight excluding hydrogens is 215 g/mol. The molecule has 0 bridgehead atoms. The van der Waals surface area contributed by atoms with Gasteiger partial charge in [0.05, 0.1) is 6.04 Å². The summed E-state index contributed by atoms with van der Waals surface area (Å²) in [6.07, 6.45) is 0. The largest absolute Gasteiger partial charge is 0.238 e. The van der Waals surface area contributed by atoms with Gasteiger partial charge in [0.1, 0.15) is 5.82 Å². The molecule has 0 fully saturated rings. The molecule has 1 aromatic heterocycles. The second-order valence-corrected chi connectivity index (χ2v) is 3.55. The maximum Gasteiger partial charge on any atom is 0.238 e. The SMILES string of the molecule is CC(c1ccc(F)cc1)n1[nH]nnc1=S. The van der Waals surface area contributed by atoms with E-state index in [0.717, 1.165) is 5.56 Å². The zero-order chi connectivity index (χ0) is 10.8. The van der Waals surface area contributed by atoms with Crippen molar-refractivity contribution in [1.29, 1.82) is 0 Å². The Bertz CT molecular complexity index is 501. The Morgan fingerprint density at radius 3 is 2.60 bits per heavy atom. The van der Waals surface area contributed by atoms with Gasteiger partial charge >= 0.3 is 0 Å². The summed E-state index contributed by atoms with van der Waals surface area (Å²) >= 11 is 4.97. The summed E-state index contributed by atoms with van der Waals surface area (Å²) in [7, 11) is 0. The lowest BCUT2D eigenvalue weighted by atomic mass is 10.1. The van der Waals surface area contributed by atoms with Crippen molar-refractivity contribution in [3.05, 3.63) is 40.4 Å². The first-order chi connectivity index (χ1) is 7.18. The molecule has 4 nitrogen and oxygen atoms in total. The lowest BCUT2D eigenvalue weighted by Crippen LogP contribution is -2.08. The van der Waals surface area contributed by atoms with E-state index >= 15 is 0 Å². The summed E-state index contributed by atoms with van der Waals surface area (Å²) in [5.41, 5.74) is 0.943. The van der Waals surface area contributed by atoms with E-state index in [1.165, 1.54) is 12.1 Å². The van der Waals surface area contributed by atoms with Crippen molar-refractivity contribution in [3.8, 4) is 0 Å². The highest BCUT2D eigenvalue weighted by Gasteiger charge is 2.09. The van der Waals surface area contributed by atoms with Gasteiger partial charge in [0.2, 0.25) is 4.77 Å². The van der Waals surface area contributed by atoms with Gasteiger partial charge in [-0.25, -0.2) is 9.07 Å². The number of hydrogen-bond acceptors (Lipinski definition) is 3. The van der Waals surface area contributed by atoms with Crippen LogP contribution in [0.15, 0.2) is 24.3 Å². The number of tetrazole rings is 1.